The summed E-state index contributed by atoms with van der Waals surface area (Å²) in [6, 6.07) is 5.76. The van der Waals surface area contributed by atoms with Crippen molar-refractivity contribution in [3.63, 3.8) is 0 Å². The molecule has 1 aromatic carbocycles. The third-order valence-corrected chi connectivity index (χ3v) is 3.36. The third kappa shape index (κ3) is 5.73. The smallest absolute Gasteiger partial charge is 0.304 e. The molecular weight excluding hydrogens is 270 g/mol. The lowest BCUT2D eigenvalue weighted by Crippen LogP contribution is -2.35. The van der Waals surface area contributed by atoms with Gasteiger partial charge in [0.2, 0.25) is 0 Å². The molecule has 1 atom stereocenters. The van der Waals surface area contributed by atoms with E-state index in [-0.39, 0.29) is 19.1 Å². The molecule has 0 radical (unpaired) electrons. The number of aliphatic carboxylic acids is 1. The average molecular weight is 295 g/mol. The summed E-state index contributed by atoms with van der Waals surface area (Å²) in [5, 5.41) is 20.9. The fourth-order valence-electron chi connectivity index (χ4n) is 2.34. The Balaban J connectivity index is 2.87. The van der Waals surface area contributed by atoms with E-state index in [1.165, 1.54) is 0 Å². The van der Waals surface area contributed by atoms with E-state index >= 15 is 0 Å². The predicted octanol–water partition coefficient (Wildman–Crippen LogP) is 1.79. The molecule has 118 valence electrons. The van der Waals surface area contributed by atoms with Crippen LogP contribution in [0.5, 0.6) is 5.75 Å². The van der Waals surface area contributed by atoms with Gasteiger partial charge in [0.1, 0.15) is 5.75 Å². The molecule has 5 nitrogen and oxygen atoms in total. The van der Waals surface area contributed by atoms with Crippen molar-refractivity contribution in [3.8, 4) is 5.75 Å². The van der Waals surface area contributed by atoms with Crippen molar-refractivity contribution in [2.75, 3.05) is 20.3 Å². The van der Waals surface area contributed by atoms with Gasteiger partial charge in [-0.1, -0.05) is 26.0 Å². The number of hydrogen-bond acceptors (Lipinski definition) is 4. The highest BCUT2D eigenvalue weighted by Gasteiger charge is 2.15. The molecule has 0 aliphatic carbocycles. The Labute approximate surface area is 125 Å². The number of carbonyl (C=O) groups is 1. The molecule has 1 aromatic rings. The lowest BCUT2D eigenvalue weighted by Gasteiger charge is -2.18. The molecule has 0 amide bonds. The van der Waals surface area contributed by atoms with Gasteiger partial charge in [0.15, 0.2) is 0 Å². The topological polar surface area (TPSA) is 78.8 Å². The van der Waals surface area contributed by atoms with Gasteiger partial charge in [-0.25, -0.2) is 0 Å². The van der Waals surface area contributed by atoms with Crippen molar-refractivity contribution < 1.29 is 19.7 Å². The zero-order chi connectivity index (χ0) is 15.8. The number of hydrogen-bond donors (Lipinski definition) is 3. The van der Waals surface area contributed by atoms with Crippen LogP contribution < -0.4 is 10.1 Å². The highest BCUT2D eigenvalue weighted by Crippen LogP contribution is 2.27. The van der Waals surface area contributed by atoms with E-state index in [1.54, 1.807) is 7.11 Å². The monoisotopic (exact) mass is 295 g/mol. The van der Waals surface area contributed by atoms with Gasteiger partial charge in [0, 0.05) is 12.6 Å². The SMILES string of the molecule is COc1ccc(CC(CC(=O)O)NCCO)cc1C(C)C. The molecule has 0 saturated carbocycles. The molecule has 0 aliphatic heterocycles. The molecule has 0 spiro atoms. The van der Waals surface area contributed by atoms with Crippen molar-refractivity contribution in [1.82, 2.24) is 5.32 Å². The molecule has 0 heterocycles. The zero-order valence-electron chi connectivity index (χ0n) is 12.9. The first-order chi connectivity index (χ1) is 9.97. The van der Waals surface area contributed by atoms with Crippen molar-refractivity contribution in [3.05, 3.63) is 29.3 Å². The summed E-state index contributed by atoms with van der Waals surface area (Å²) in [4.78, 5) is 10.9. The Kier molecular flexibility index (Phi) is 7.19. The highest BCUT2D eigenvalue weighted by molar-refractivity contribution is 5.67. The number of rotatable bonds is 9. The number of benzene rings is 1. The van der Waals surface area contributed by atoms with Gasteiger partial charge in [-0.2, -0.15) is 0 Å². The van der Waals surface area contributed by atoms with Gasteiger partial charge in [-0.15, -0.1) is 0 Å². The maximum atomic E-state index is 10.9. The van der Waals surface area contributed by atoms with Crippen LogP contribution >= 0.6 is 0 Å². The number of aliphatic hydroxyl groups excluding tert-OH is 1. The molecule has 0 saturated heterocycles. The van der Waals surface area contributed by atoms with E-state index in [0.29, 0.717) is 18.9 Å². The molecule has 0 aliphatic rings. The van der Waals surface area contributed by atoms with Gasteiger partial charge in [-0.3, -0.25) is 4.79 Å². The van der Waals surface area contributed by atoms with Crippen LogP contribution in [-0.2, 0) is 11.2 Å². The average Bonchev–Trinajstić information content (AvgIpc) is 2.44. The fourth-order valence-corrected chi connectivity index (χ4v) is 2.34. The predicted molar refractivity (Wildman–Crippen MR) is 81.9 cm³/mol. The minimum atomic E-state index is -0.844. The van der Waals surface area contributed by atoms with E-state index in [1.807, 2.05) is 12.1 Å². The summed E-state index contributed by atoms with van der Waals surface area (Å²) in [6.07, 6.45) is 0.638. The normalized spacial score (nSPS) is 12.4. The summed E-state index contributed by atoms with van der Waals surface area (Å²) in [7, 11) is 1.65. The van der Waals surface area contributed by atoms with Crippen molar-refractivity contribution >= 4 is 5.97 Å². The lowest BCUT2D eigenvalue weighted by atomic mass is 9.96. The molecule has 5 heteroatoms. The number of methoxy groups -OCH3 is 1. The first kappa shape index (κ1) is 17.5. The summed E-state index contributed by atoms with van der Waals surface area (Å²) in [6.45, 7) is 4.59. The maximum absolute atomic E-state index is 10.9. The second kappa shape index (κ2) is 8.64. The summed E-state index contributed by atoms with van der Waals surface area (Å²) in [5.41, 5.74) is 2.18. The van der Waals surface area contributed by atoms with Gasteiger partial charge in [-0.05, 0) is 29.5 Å². The largest absolute Gasteiger partial charge is 0.496 e. The maximum Gasteiger partial charge on any atom is 0.304 e. The summed E-state index contributed by atoms with van der Waals surface area (Å²) >= 11 is 0. The van der Waals surface area contributed by atoms with E-state index in [0.717, 1.165) is 16.9 Å². The second-order valence-electron chi connectivity index (χ2n) is 5.41. The fraction of sp³-hybridized carbons (Fsp3) is 0.562. The second-order valence-corrected chi connectivity index (χ2v) is 5.41. The van der Waals surface area contributed by atoms with Crippen LogP contribution in [0.4, 0.5) is 0 Å². The Bertz CT molecular complexity index is 460. The first-order valence-electron chi connectivity index (χ1n) is 7.20. The number of ether oxygens (including phenoxy) is 1. The van der Waals surface area contributed by atoms with E-state index in [2.05, 4.69) is 25.2 Å². The number of nitrogens with one attached hydrogen (secondary N) is 1. The van der Waals surface area contributed by atoms with Gasteiger partial charge < -0.3 is 20.3 Å². The number of carboxylic acids is 1. The van der Waals surface area contributed by atoms with Gasteiger partial charge >= 0.3 is 5.97 Å². The van der Waals surface area contributed by atoms with Crippen LogP contribution in [0.15, 0.2) is 18.2 Å². The Morgan fingerprint density at radius 2 is 2.10 bits per heavy atom. The Hall–Kier alpha value is -1.59. The number of aliphatic hydroxyl groups is 1. The van der Waals surface area contributed by atoms with Crippen molar-refractivity contribution in [1.29, 1.82) is 0 Å². The first-order valence-corrected chi connectivity index (χ1v) is 7.20. The minimum Gasteiger partial charge on any atom is -0.496 e. The standard InChI is InChI=1S/C16H25NO4/c1-11(2)14-9-12(4-5-15(14)21-3)8-13(10-16(19)20)17-6-7-18/h4-5,9,11,13,17-18H,6-8,10H2,1-3H3,(H,19,20). The third-order valence-electron chi connectivity index (χ3n) is 3.36. The molecule has 1 unspecified atom stereocenters. The summed E-state index contributed by atoms with van der Waals surface area (Å²) < 4.78 is 5.35. The quantitative estimate of drug-likeness (QED) is 0.647. The van der Waals surface area contributed by atoms with E-state index < -0.39 is 5.97 Å². The van der Waals surface area contributed by atoms with Crippen LogP contribution in [0.25, 0.3) is 0 Å². The van der Waals surface area contributed by atoms with Crippen molar-refractivity contribution in [2.24, 2.45) is 0 Å². The van der Waals surface area contributed by atoms with Crippen LogP contribution in [0.3, 0.4) is 0 Å². The van der Waals surface area contributed by atoms with E-state index in [4.69, 9.17) is 14.9 Å². The Morgan fingerprint density at radius 3 is 2.62 bits per heavy atom. The van der Waals surface area contributed by atoms with Crippen molar-refractivity contribution in [2.45, 2.75) is 38.6 Å². The Morgan fingerprint density at radius 1 is 1.38 bits per heavy atom. The van der Waals surface area contributed by atoms with Crippen LogP contribution in [-0.4, -0.2) is 42.5 Å². The molecular formula is C16H25NO4. The van der Waals surface area contributed by atoms with Crippen LogP contribution in [0, 0.1) is 0 Å². The molecule has 0 bridgehead atoms. The minimum absolute atomic E-state index is 0.00399. The van der Waals surface area contributed by atoms with Gasteiger partial charge in [0.25, 0.3) is 0 Å². The molecule has 21 heavy (non-hydrogen) atoms. The van der Waals surface area contributed by atoms with Gasteiger partial charge in [0.05, 0.1) is 20.1 Å². The molecule has 1 rings (SSSR count). The highest BCUT2D eigenvalue weighted by atomic mass is 16.5. The number of carboxylic acid groups (broad SMARTS) is 1. The van der Waals surface area contributed by atoms with E-state index in [9.17, 15) is 4.79 Å². The molecule has 3 N–H and O–H groups in total. The summed E-state index contributed by atoms with van der Waals surface area (Å²) in [5.74, 6) is 0.345. The van der Waals surface area contributed by atoms with Crippen LogP contribution in [0.1, 0.15) is 37.3 Å². The zero-order valence-corrected chi connectivity index (χ0v) is 12.9. The molecule has 0 aromatic heterocycles. The van der Waals surface area contributed by atoms with Crippen LogP contribution in [0.2, 0.25) is 0 Å². The molecule has 0 fully saturated rings. The lowest BCUT2D eigenvalue weighted by molar-refractivity contribution is -0.137.